The Balaban J connectivity index is 0.000000272. The molecule has 1 aromatic rings. The summed E-state index contributed by atoms with van der Waals surface area (Å²) in [5.74, 6) is 0.236. The molecule has 0 unspecified atom stereocenters. The Hall–Kier alpha value is -1.21. The van der Waals surface area contributed by atoms with Crippen LogP contribution in [0.25, 0.3) is 0 Å². The Bertz CT molecular complexity index is 436. The summed E-state index contributed by atoms with van der Waals surface area (Å²) in [7, 11) is 0. The first-order valence-corrected chi connectivity index (χ1v) is 9.03. The van der Waals surface area contributed by atoms with E-state index in [1.54, 1.807) is 11.3 Å². The third-order valence-electron chi connectivity index (χ3n) is 3.49. The SMILES string of the molecule is O=C(O)CCCC[C@@H]1SC[C@@H]2NC(=O)N[C@@H]21.c1ccsc1. The van der Waals surface area contributed by atoms with Crippen molar-refractivity contribution in [3.05, 3.63) is 22.9 Å². The van der Waals surface area contributed by atoms with E-state index in [2.05, 4.69) is 10.6 Å². The molecule has 2 saturated heterocycles. The number of hydrogen-bond acceptors (Lipinski definition) is 4. The quantitative estimate of drug-likeness (QED) is 0.573. The molecule has 0 spiro atoms. The number of unbranched alkanes of at least 4 members (excludes halogenated alkanes) is 1. The molecule has 1 aromatic heterocycles. The maximum atomic E-state index is 11.1. The van der Waals surface area contributed by atoms with E-state index in [4.69, 9.17) is 5.11 Å². The molecule has 2 aliphatic rings. The molecule has 3 rings (SSSR count). The molecular formula is C14H20N2O3S2. The number of aliphatic carboxylic acids is 1. The van der Waals surface area contributed by atoms with Crippen LogP contribution in [0.2, 0.25) is 0 Å². The number of carbonyl (C=O) groups is 2. The van der Waals surface area contributed by atoms with Gasteiger partial charge in [-0.3, -0.25) is 4.79 Å². The van der Waals surface area contributed by atoms with E-state index in [-0.39, 0.29) is 24.5 Å². The van der Waals surface area contributed by atoms with Gasteiger partial charge in [-0.25, -0.2) is 4.79 Å². The largest absolute Gasteiger partial charge is 0.481 e. The number of carboxylic acid groups (broad SMARTS) is 1. The maximum Gasteiger partial charge on any atom is 0.315 e. The molecule has 0 saturated carbocycles. The summed E-state index contributed by atoms with van der Waals surface area (Å²) in [6.07, 6.45) is 2.88. The van der Waals surface area contributed by atoms with E-state index in [1.807, 2.05) is 34.7 Å². The number of carbonyl (C=O) groups excluding carboxylic acids is 1. The average Bonchev–Trinajstić information content (AvgIpc) is 3.14. The first-order valence-electron chi connectivity index (χ1n) is 7.04. The number of carboxylic acids is 1. The minimum atomic E-state index is -0.729. The third kappa shape index (κ3) is 5.24. The van der Waals surface area contributed by atoms with E-state index in [0.29, 0.717) is 5.25 Å². The monoisotopic (exact) mass is 328 g/mol. The average molecular weight is 328 g/mol. The van der Waals surface area contributed by atoms with Crippen LogP contribution in [0, 0.1) is 0 Å². The lowest BCUT2D eigenvalue weighted by Gasteiger charge is -2.16. The first kappa shape index (κ1) is 16.2. The summed E-state index contributed by atoms with van der Waals surface area (Å²) in [5, 5.41) is 18.9. The fourth-order valence-electron chi connectivity index (χ4n) is 2.49. The van der Waals surface area contributed by atoms with Gasteiger partial charge < -0.3 is 15.7 Å². The van der Waals surface area contributed by atoms with Crippen molar-refractivity contribution < 1.29 is 14.7 Å². The minimum absolute atomic E-state index is 0.0640. The predicted octanol–water partition coefficient (Wildman–Crippen LogP) is 2.54. The molecule has 21 heavy (non-hydrogen) atoms. The topological polar surface area (TPSA) is 78.4 Å². The number of fused-ring (bicyclic) bond motifs is 1. The molecule has 0 bridgehead atoms. The van der Waals surface area contributed by atoms with Gasteiger partial charge in [-0.15, -0.1) is 0 Å². The van der Waals surface area contributed by atoms with E-state index in [0.717, 1.165) is 25.0 Å². The van der Waals surface area contributed by atoms with Gasteiger partial charge in [0.15, 0.2) is 0 Å². The zero-order valence-corrected chi connectivity index (χ0v) is 13.3. The van der Waals surface area contributed by atoms with Crippen molar-refractivity contribution in [1.82, 2.24) is 10.6 Å². The smallest absolute Gasteiger partial charge is 0.315 e. The zero-order valence-electron chi connectivity index (χ0n) is 11.7. The summed E-state index contributed by atoms with van der Waals surface area (Å²) in [6.45, 7) is 0. The second-order valence-electron chi connectivity index (χ2n) is 5.05. The second-order valence-corrected chi connectivity index (χ2v) is 7.14. The second kappa shape index (κ2) is 8.29. The van der Waals surface area contributed by atoms with Crippen LogP contribution in [0.15, 0.2) is 22.9 Å². The van der Waals surface area contributed by atoms with Gasteiger partial charge in [-0.05, 0) is 23.6 Å². The van der Waals surface area contributed by atoms with Crippen molar-refractivity contribution in [2.45, 2.75) is 43.0 Å². The highest BCUT2D eigenvalue weighted by molar-refractivity contribution is 8.00. The lowest BCUT2D eigenvalue weighted by molar-refractivity contribution is -0.137. The number of thiophene rings is 1. The molecule has 3 heterocycles. The molecule has 3 N–H and O–H groups in total. The summed E-state index contributed by atoms with van der Waals surface area (Å²) >= 11 is 3.58. The fourth-order valence-corrected chi connectivity index (χ4v) is 4.49. The summed E-state index contributed by atoms with van der Waals surface area (Å²) in [6, 6.07) is 4.48. The van der Waals surface area contributed by atoms with Crippen LogP contribution in [0.5, 0.6) is 0 Å². The number of urea groups is 1. The molecule has 2 fully saturated rings. The van der Waals surface area contributed by atoms with Crippen molar-refractivity contribution in [1.29, 1.82) is 0 Å². The van der Waals surface area contributed by atoms with Crippen LogP contribution in [0.4, 0.5) is 4.79 Å². The highest BCUT2D eigenvalue weighted by Crippen LogP contribution is 2.33. The molecule has 0 aliphatic carbocycles. The molecule has 116 valence electrons. The van der Waals surface area contributed by atoms with Gasteiger partial charge >= 0.3 is 12.0 Å². The highest BCUT2D eigenvalue weighted by atomic mass is 32.2. The van der Waals surface area contributed by atoms with Gasteiger partial charge in [0.2, 0.25) is 0 Å². The van der Waals surface area contributed by atoms with Gasteiger partial charge in [0.05, 0.1) is 12.1 Å². The van der Waals surface area contributed by atoms with Crippen LogP contribution in [0.3, 0.4) is 0 Å². The molecule has 3 atom stereocenters. The molecule has 0 radical (unpaired) electrons. The standard InChI is InChI=1S/C10H16N2O3S.C4H4S/c13-8(14)4-2-1-3-7-9-6(5-16-7)11-10(15)12-9;1-2-4-5-3-1/h6-7,9H,1-5H2,(H,13,14)(H2,11,12,15);1-4H/t6-,7-,9-;/m0./s1. The van der Waals surface area contributed by atoms with E-state index in [9.17, 15) is 9.59 Å². The van der Waals surface area contributed by atoms with Gasteiger partial charge in [0.25, 0.3) is 0 Å². The van der Waals surface area contributed by atoms with Crippen LogP contribution >= 0.6 is 23.1 Å². The lowest BCUT2D eigenvalue weighted by atomic mass is 10.0. The molecule has 2 amide bonds. The normalized spacial score (nSPS) is 26.3. The van der Waals surface area contributed by atoms with Gasteiger partial charge in [-0.2, -0.15) is 23.1 Å². The van der Waals surface area contributed by atoms with Crippen molar-refractivity contribution >= 4 is 35.1 Å². The molecule has 5 nitrogen and oxygen atoms in total. The van der Waals surface area contributed by atoms with Gasteiger partial charge in [0.1, 0.15) is 0 Å². The van der Waals surface area contributed by atoms with Crippen LogP contribution in [0.1, 0.15) is 25.7 Å². The predicted molar refractivity (Wildman–Crippen MR) is 85.9 cm³/mol. The number of thioether (sulfide) groups is 1. The highest BCUT2D eigenvalue weighted by Gasteiger charge is 2.42. The Morgan fingerprint density at radius 1 is 1.29 bits per heavy atom. The number of rotatable bonds is 5. The molecule has 0 aromatic carbocycles. The summed E-state index contributed by atoms with van der Waals surface area (Å²) < 4.78 is 0. The zero-order chi connectivity index (χ0) is 15.1. The van der Waals surface area contributed by atoms with Gasteiger partial charge in [0, 0.05) is 17.4 Å². The Kier molecular flexibility index (Phi) is 6.38. The van der Waals surface area contributed by atoms with E-state index >= 15 is 0 Å². The molecule has 2 aliphatic heterocycles. The van der Waals surface area contributed by atoms with Crippen LogP contribution in [-0.2, 0) is 4.79 Å². The lowest BCUT2D eigenvalue weighted by Crippen LogP contribution is -2.36. The fraction of sp³-hybridized carbons (Fsp3) is 0.571. The molecular weight excluding hydrogens is 308 g/mol. The number of hydrogen-bond donors (Lipinski definition) is 3. The minimum Gasteiger partial charge on any atom is -0.481 e. The number of amides is 2. The Morgan fingerprint density at radius 3 is 2.67 bits per heavy atom. The Morgan fingerprint density at radius 2 is 2.05 bits per heavy atom. The van der Waals surface area contributed by atoms with Gasteiger partial charge in [-0.1, -0.05) is 18.6 Å². The van der Waals surface area contributed by atoms with E-state index < -0.39 is 5.97 Å². The maximum absolute atomic E-state index is 11.1. The van der Waals surface area contributed by atoms with Crippen molar-refractivity contribution in [3.8, 4) is 0 Å². The summed E-state index contributed by atoms with van der Waals surface area (Å²) in [5.41, 5.74) is 0. The van der Waals surface area contributed by atoms with Crippen molar-refractivity contribution in [3.63, 3.8) is 0 Å². The van der Waals surface area contributed by atoms with Crippen molar-refractivity contribution in [2.24, 2.45) is 0 Å². The third-order valence-corrected chi connectivity index (χ3v) is 5.63. The van der Waals surface area contributed by atoms with E-state index in [1.165, 1.54) is 0 Å². The molecule has 7 heteroatoms. The first-order chi connectivity index (χ1) is 10.2. The number of nitrogens with one attached hydrogen (secondary N) is 2. The Labute approximate surface area is 132 Å². The summed E-state index contributed by atoms with van der Waals surface area (Å²) in [4.78, 5) is 21.5. The van der Waals surface area contributed by atoms with Crippen LogP contribution in [-0.4, -0.2) is 40.2 Å². The van der Waals surface area contributed by atoms with Crippen LogP contribution < -0.4 is 10.6 Å². The van der Waals surface area contributed by atoms with Crippen molar-refractivity contribution in [2.75, 3.05) is 5.75 Å².